The molecule has 12 heavy (non-hydrogen) atoms. The van der Waals surface area contributed by atoms with Crippen molar-refractivity contribution in [2.45, 2.75) is 4.90 Å². The maximum atomic E-state index is 5.92. The third-order valence-electron chi connectivity index (χ3n) is 1.27. The second kappa shape index (κ2) is 4.97. The molecule has 0 aliphatic heterocycles. The van der Waals surface area contributed by atoms with Crippen LogP contribution in [0.3, 0.4) is 0 Å². The Bertz CT molecular complexity index is 265. The summed E-state index contributed by atoms with van der Waals surface area (Å²) in [6, 6.07) is 5.47. The van der Waals surface area contributed by atoms with Gasteiger partial charge < -0.3 is 5.73 Å². The summed E-state index contributed by atoms with van der Waals surface area (Å²) in [5.74, 6) is 0.876. The predicted molar refractivity (Wildman–Crippen MR) is 56.2 cm³/mol. The van der Waals surface area contributed by atoms with Crippen LogP contribution in [-0.4, -0.2) is 12.3 Å². The molecule has 1 nitrogen and oxygen atoms in total. The zero-order valence-electron chi connectivity index (χ0n) is 6.39. The van der Waals surface area contributed by atoms with Gasteiger partial charge in [-0.3, -0.25) is 0 Å². The van der Waals surface area contributed by atoms with E-state index in [1.807, 2.05) is 12.1 Å². The van der Waals surface area contributed by atoms with Gasteiger partial charge in [0.15, 0.2) is 0 Å². The molecule has 4 heteroatoms. The van der Waals surface area contributed by atoms with E-state index >= 15 is 0 Å². The number of nitrogens with two attached hydrogens (primary N) is 1. The second-order valence-corrected chi connectivity index (χ2v) is 4.19. The zero-order valence-corrected chi connectivity index (χ0v) is 8.72. The Hall–Kier alpha value is 0.110. The summed E-state index contributed by atoms with van der Waals surface area (Å²) in [6.07, 6.45) is 0. The Morgan fingerprint density at radius 3 is 2.67 bits per heavy atom. The molecule has 0 fully saturated rings. The molecule has 0 saturated heterocycles. The second-order valence-electron chi connectivity index (χ2n) is 2.21. The van der Waals surface area contributed by atoms with Crippen LogP contribution in [0.2, 0.25) is 10.0 Å². The highest BCUT2D eigenvalue weighted by atomic mass is 35.5. The molecular formula is C8H9Cl2NS. The molecule has 0 saturated carbocycles. The van der Waals surface area contributed by atoms with Crippen LogP contribution in [-0.2, 0) is 0 Å². The standard InChI is InChI=1S/C8H9Cl2NS/c9-6-1-2-8(7(10)5-6)12-4-3-11/h1-2,5H,3-4,11H2. The molecule has 0 aliphatic rings. The molecule has 1 aromatic carbocycles. The highest BCUT2D eigenvalue weighted by Gasteiger charge is 2.00. The molecule has 0 atom stereocenters. The minimum atomic E-state index is 0.656. The van der Waals surface area contributed by atoms with Gasteiger partial charge in [-0.15, -0.1) is 11.8 Å². The highest BCUT2D eigenvalue weighted by Crippen LogP contribution is 2.28. The normalized spacial score (nSPS) is 10.2. The van der Waals surface area contributed by atoms with Crippen LogP contribution < -0.4 is 5.73 Å². The van der Waals surface area contributed by atoms with Crippen molar-refractivity contribution in [1.82, 2.24) is 0 Å². The monoisotopic (exact) mass is 221 g/mol. The molecule has 0 spiro atoms. The molecule has 2 N–H and O–H groups in total. The molecule has 0 bridgehead atoms. The van der Waals surface area contributed by atoms with Crippen molar-refractivity contribution in [3.05, 3.63) is 28.2 Å². The van der Waals surface area contributed by atoms with E-state index in [4.69, 9.17) is 28.9 Å². The maximum absolute atomic E-state index is 5.92. The molecule has 0 aliphatic carbocycles. The molecule has 1 aromatic rings. The third kappa shape index (κ3) is 2.87. The first-order chi connectivity index (χ1) is 5.74. The summed E-state index contributed by atoms with van der Waals surface area (Å²) >= 11 is 13.3. The first-order valence-electron chi connectivity index (χ1n) is 3.52. The predicted octanol–water partition coefficient (Wildman–Crippen LogP) is 3.04. The number of rotatable bonds is 3. The number of hydrogen-bond acceptors (Lipinski definition) is 2. The smallest absolute Gasteiger partial charge is 0.0556 e. The SMILES string of the molecule is NCCSc1ccc(Cl)cc1Cl. The highest BCUT2D eigenvalue weighted by molar-refractivity contribution is 7.99. The van der Waals surface area contributed by atoms with Crippen molar-refractivity contribution >= 4 is 35.0 Å². The molecular weight excluding hydrogens is 213 g/mol. The fraction of sp³-hybridized carbons (Fsp3) is 0.250. The van der Waals surface area contributed by atoms with Crippen LogP contribution >= 0.6 is 35.0 Å². The van der Waals surface area contributed by atoms with Crippen molar-refractivity contribution in [2.24, 2.45) is 5.73 Å². The van der Waals surface area contributed by atoms with E-state index in [1.165, 1.54) is 0 Å². The molecule has 1 rings (SSSR count). The van der Waals surface area contributed by atoms with Gasteiger partial charge >= 0.3 is 0 Å². The Morgan fingerprint density at radius 1 is 1.33 bits per heavy atom. The Balaban J connectivity index is 2.72. The summed E-state index contributed by atoms with van der Waals surface area (Å²) in [5, 5.41) is 1.36. The van der Waals surface area contributed by atoms with E-state index in [1.54, 1.807) is 17.8 Å². The number of benzene rings is 1. The van der Waals surface area contributed by atoms with Gasteiger partial charge in [0.25, 0.3) is 0 Å². The van der Waals surface area contributed by atoms with E-state index < -0.39 is 0 Å². The maximum Gasteiger partial charge on any atom is 0.0556 e. The van der Waals surface area contributed by atoms with E-state index in [0.717, 1.165) is 10.6 Å². The van der Waals surface area contributed by atoms with E-state index in [9.17, 15) is 0 Å². The van der Waals surface area contributed by atoms with Crippen LogP contribution in [0.15, 0.2) is 23.1 Å². The molecule has 0 heterocycles. The topological polar surface area (TPSA) is 26.0 Å². The fourth-order valence-corrected chi connectivity index (χ4v) is 2.03. The van der Waals surface area contributed by atoms with Gasteiger partial charge in [-0.1, -0.05) is 23.2 Å². The van der Waals surface area contributed by atoms with Gasteiger partial charge in [-0.05, 0) is 18.2 Å². The lowest BCUT2D eigenvalue weighted by molar-refractivity contribution is 1.15. The minimum Gasteiger partial charge on any atom is -0.330 e. The Labute approximate surface area is 86.2 Å². The Morgan fingerprint density at radius 2 is 2.08 bits per heavy atom. The van der Waals surface area contributed by atoms with Gasteiger partial charge in [-0.2, -0.15) is 0 Å². The van der Waals surface area contributed by atoms with E-state index in [-0.39, 0.29) is 0 Å². The minimum absolute atomic E-state index is 0.656. The molecule has 0 unspecified atom stereocenters. The van der Waals surface area contributed by atoms with Crippen molar-refractivity contribution in [2.75, 3.05) is 12.3 Å². The average Bonchev–Trinajstić information content (AvgIpc) is 2.03. The lowest BCUT2D eigenvalue weighted by Gasteiger charge is -2.02. The molecule has 0 aromatic heterocycles. The van der Waals surface area contributed by atoms with Crippen LogP contribution in [0.5, 0.6) is 0 Å². The van der Waals surface area contributed by atoms with Crippen molar-refractivity contribution < 1.29 is 0 Å². The molecule has 0 radical (unpaired) electrons. The van der Waals surface area contributed by atoms with E-state index in [0.29, 0.717) is 16.6 Å². The summed E-state index contributed by atoms with van der Waals surface area (Å²) in [7, 11) is 0. The van der Waals surface area contributed by atoms with Gasteiger partial charge in [-0.25, -0.2) is 0 Å². The number of thioether (sulfide) groups is 1. The lowest BCUT2D eigenvalue weighted by atomic mass is 10.4. The summed E-state index contributed by atoms with van der Waals surface area (Å²) in [6.45, 7) is 0.656. The van der Waals surface area contributed by atoms with Crippen LogP contribution in [0, 0.1) is 0 Å². The molecule has 66 valence electrons. The Kier molecular flexibility index (Phi) is 4.22. The zero-order chi connectivity index (χ0) is 8.97. The molecule has 0 amide bonds. The fourth-order valence-electron chi connectivity index (χ4n) is 0.761. The number of hydrogen-bond donors (Lipinski definition) is 1. The van der Waals surface area contributed by atoms with Gasteiger partial charge in [0.2, 0.25) is 0 Å². The first-order valence-corrected chi connectivity index (χ1v) is 5.26. The quantitative estimate of drug-likeness (QED) is 0.795. The van der Waals surface area contributed by atoms with E-state index in [2.05, 4.69) is 0 Å². The van der Waals surface area contributed by atoms with Crippen LogP contribution in [0.4, 0.5) is 0 Å². The summed E-state index contributed by atoms with van der Waals surface area (Å²) < 4.78 is 0. The van der Waals surface area contributed by atoms with Gasteiger partial charge in [0.05, 0.1) is 5.02 Å². The largest absolute Gasteiger partial charge is 0.330 e. The van der Waals surface area contributed by atoms with Gasteiger partial charge in [0.1, 0.15) is 0 Å². The van der Waals surface area contributed by atoms with Crippen LogP contribution in [0.25, 0.3) is 0 Å². The lowest BCUT2D eigenvalue weighted by Crippen LogP contribution is -2.00. The van der Waals surface area contributed by atoms with Crippen molar-refractivity contribution in [3.63, 3.8) is 0 Å². The summed E-state index contributed by atoms with van der Waals surface area (Å²) in [5.41, 5.74) is 5.37. The van der Waals surface area contributed by atoms with Gasteiger partial charge in [0, 0.05) is 22.2 Å². The van der Waals surface area contributed by atoms with Crippen molar-refractivity contribution in [3.8, 4) is 0 Å². The van der Waals surface area contributed by atoms with Crippen LogP contribution in [0.1, 0.15) is 0 Å². The van der Waals surface area contributed by atoms with Crippen molar-refractivity contribution in [1.29, 1.82) is 0 Å². The summed E-state index contributed by atoms with van der Waals surface area (Å²) in [4.78, 5) is 1.03. The number of halogens is 2. The average molecular weight is 222 g/mol. The first kappa shape index (κ1) is 10.2. The third-order valence-corrected chi connectivity index (χ3v) is 3.04.